The van der Waals surface area contributed by atoms with Crippen LogP contribution in [-0.4, -0.2) is 53.0 Å². The maximum Gasteiger partial charge on any atom is 0.331 e. The molecular formula is C14H18N4O5S. The number of nitrogens with zero attached hydrogens (tertiary/aromatic N) is 4. The normalized spacial score (nSPS) is 19.0. The third kappa shape index (κ3) is 3.41. The first-order valence-electron chi connectivity index (χ1n) is 7.40. The van der Waals surface area contributed by atoms with Crippen molar-refractivity contribution < 1.29 is 13.2 Å². The summed E-state index contributed by atoms with van der Waals surface area (Å²) in [5, 5.41) is 8.99. The Labute approximate surface area is 138 Å². The maximum absolute atomic E-state index is 12.4. The first-order valence-corrected chi connectivity index (χ1v) is 9.22. The molecule has 1 aromatic rings. The van der Waals surface area contributed by atoms with Gasteiger partial charge in [-0.2, -0.15) is 5.26 Å². The number of carbonyl (C=O) groups excluding carboxylic acids is 1. The number of hydrogen-bond acceptors (Lipinski definition) is 6. The summed E-state index contributed by atoms with van der Waals surface area (Å²) in [6.45, 7) is 1.40. The first-order chi connectivity index (χ1) is 11.2. The lowest BCUT2D eigenvalue weighted by Crippen LogP contribution is -2.46. The molecule has 130 valence electrons. The van der Waals surface area contributed by atoms with Crippen LogP contribution in [0, 0.1) is 11.3 Å². The zero-order chi connectivity index (χ0) is 18.1. The van der Waals surface area contributed by atoms with Gasteiger partial charge in [0.15, 0.2) is 9.84 Å². The standard InChI is InChI=1S/C14H18N4O5S/c1-3-17-7-10(6-15)13(20)18(14(17)21)8-12(19)16(2)11-4-5-24(22,23)9-11/h7,11H,3-5,8-9H2,1-2H3. The minimum atomic E-state index is -3.16. The lowest BCUT2D eigenvalue weighted by atomic mass is 10.2. The highest BCUT2D eigenvalue weighted by Crippen LogP contribution is 2.16. The first kappa shape index (κ1) is 17.9. The number of rotatable bonds is 4. The van der Waals surface area contributed by atoms with Crippen molar-refractivity contribution in [1.82, 2.24) is 14.0 Å². The molecule has 0 spiro atoms. The number of nitriles is 1. The summed E-state index contributed by atoms with van der Waals surface area (Å²) < 4.78 is 24.9. The molecule has 0 N–H and O–H groups in total. The molecule has 0 aromatic carbocycles. The van der Waals surface area contributed by atoms with Crippen molar-refractivity contribution >= 4 is 15.7 Å². The fourth-order valence-electron chi connectivity index (χ4n) is 2.63. The van der Waals surface area contributed by atoms with Crippen molar-refractivity contribution in [3.05, 3.63) is 32.6 Å². The second kappa shape index (κ2) is 6.60. The van der Waals surface area contributed by atoms with E-state index < -0.39 is 39.6 Å². The van der Waals surface area contributed by atoms with E-state index in [0.717, 1.165) is 0 Å². The monoisotopic (exact) mass is 354 g/mol. The Balaban J connectivity index is 2.31. The molecule has 1 atom stereocenters. The molecule has 2 heterocycles. The summed E-state index contributed by atoms with van der Waals surface area (Å²) in [5.41, 5.74) is -1.73. The average Bonchev–Trinajstić information content (AvgIpc) is 2.90. The molecule has 24 heavy (non-hydrogen) atoms. The second-order valence-electron chi connectivity index (χ2n) is 5.68. The third-order valence-electron chi connectivity index (χ3n) is 4.14. The summed E-state index contributed by atoms with van der Waals surface area (Å²) in [5.74, 6) is -0.655. The van der Waals surface area contributed by atoms with Gasteiger partial charge in [-0.15, -0.1) is 0 Å². The molecule has 1 fully saturated rings. The van der Waals surface area contributed by atoms with Crippen LogP contribution in [0.5, 0.6) is 0 Å². The zero-order valence-corrected chi connectivity index (χ0v) is 14.2. The summed E-state index contributed by atoms with van der Waals surface area (Å²) in [7, 11) is -1.71. The minimum absolute atomic E-state index is 0.0157. The van der Waals surface area contributed by atoms with E-state index in [1.807, 2.05) is 0 Å². The molecule has 1 aliphatic heterocycles. The largest absolute Gasteiger partial charge is 0.340 e. The van der Waals surface area contributed by atoms with Gasteiger partial charge in [0.25, 0.3) is 5.56 Å². The van der Waals surface area contributed by atoms with E-state index in [0.29, 0.717) is 11.0 Å². The van der Waals surface area contributed by atoms with E-state index in [1.165, 1.54) is 22.7 Å². The van der Waals surface area contributed by atoms with Crippen LogP contribution in [0.4, 0.5) is 0 Å². The molecule has 1 aromatic heterocycles. The van der Waals surface area contributed by atoms with Gasteiger partial charge in [-0.1, -0.05) is 0 Å². The number of aryl methyl sites for hydroxylation is 1. The van der Waals surface area contributed by atoms with Crippen molar-refractivity contribution in [3.8, 4) is 6.07 Å². The third-order valence-corrected chi connectivity index (χ3v) is 5.89. The Morgan fingerprint density at radius 3 is 2.62 bits per heavy atom. The van der Waals surface area contributed by atoms with Gasteiger partial charge >= 0.3 is 5.69 Å². The van der Waals surface area contributed by atoms with Crippen LogP contribution in [0.25, 0.3) is 0 Å². The van der Waals surface area contributed by atoms with Crippen molar-refractivity contribution in [2.75, 3.05) is 18.6 Å². The summed E-state index contributed by atoms with van der Waals surface area (Å²) in [6, 6.07) is 1.24. The van der Waals surface area contributed by atoms with Gasteiger partial charge < -0.3 is 4.90 Å². The Hall–Kier alpha value is -2.41. The lowest BCUT2D eigenvalue weighted by molar-refractivity contribution is -0.132. The van der Waals surface area contributed by atoms with Gasteiger partial charge in [0.05, 0.1) is 11.5 Å². The van der Waals surface area contributed by atoms with Crippen LogP contribution in [0.2, 0.25) is 0 Å². The van der Waals surface area contributed by atoms with Crippen molar-refractivity contribution in [2.24, 2.45) is 0 Å². The van der Waals surface area contributed by atoms with E-state index in [1.54, 1.807) is 13.0 Å². The Kier molecular flexibility index (Phi) is 4.94. The molecule has 1 amide bonds. The highest BCUT2D eigenvalue weighted by molar-refractivity contribution is 7.91. The van der Waals surface area contributed by atoms with E-state index >= 15 is 0 Å². The number of aromatic nitrogens is 2. The van der Waals surface area contributed by atoms with Gasteiger partial charge in [0.2, 0.25) is 5.91 Å². The predicted octanol–water partition coefficient (Wildman–Crippen LogP) is -1.45. The lowest BCUT2D eigenvalue weighted by Gasteiger charge is -2.23. The highest BCUT2D eigenvalue weighted by atomic mass is 32.2. The average molecular weight is 354 g/mol. The Morgan fingerprint density at radius 1 is 1.46 bits per heavy atom. The molecule has 9 nitrogen and oxygen atoms in total. The molecule has 1 saturated heterocycles. The number of likely N-dealkylation sites (N-methyl/N-ethyl adjacent to an activating group) is 1. The Bertz CT molecular complexity index is 922. The second-order valence-corrected chi connectivity index (χ2v) is 7.90. The summed E-state index contributed by atoms with van der Waals surface area (Å²) in [4.78, 5) is 38.0. The number of hydrogen-bond donors (Lipinski definition) is 0. The topological polar surface area (TPSA) is 122 Å². The molecule has 0 aliphatic carbocycles. The van der Waals surface area contributed by atoms with Gasteiger partial charge in [-0.3, -0.25) is 14.2 Å². The van der Waals surface area contributed by atoms with Gasteiger partial charge in [-0.25, -0.2) is 17.8 Å². The van der Waals surface area contributed by atoms with Crippen molar-refractivity contribution in [1.29, 1.82) is 5.26 Å². The molecule has 0 radical (unpaired) electrons. The van der Waals surface area contributed by atoms with Crippen LogP contribution in [0.3, 0.4) is 0 Å². The van der Waals surface area contributed by atoms with Crippen LogP contribution in [0.1, 0.15) is 18.9 Å². The number of amides is 1. The van der Waals surface area contributed by atoms with Gasteiger partial charge in [0, 0.05) is 25.8 Å². The highest BCUT2D eigenvalue weighted by Gasteiger charge is 2.33. The number of sulfone groups is 1. The Morgan fingerprint density at radius 2 is 2.12 bits per heavy atom. The maximum atomic E-state index is 12.4. The van der Waals surface area contributed by atoms with Gasteiger partial charge in [0.1, 0.15) is 18.2 Å². The molecule has 1 aliphatic rings. The molecular weight excluding hydrogens is 336 g/mol. The molecule has 1 unspecified atom stereocenters. The zero-order valence-electron chi connectivity index (χ0n) is 13.4. The van der Waals surface area contributed by atoms with Crippen LogP contribution >= 0.6 is 0 Å². The fourth-order valence-corrected chi connectivity index (χ4v) is 4.40. The molecule has 2 rings (SSSR count). The van der Waals surface area contributed by atoms with E-state index in [9.17, 15) is 22.8 Å². The van der Waals surface area contributed by atoms with E-state index in [-0.39, 0.29) is 23.6 Å². The van der Waals surface area contributed by atoms with Crippen molar-refractivity contribution in [3.63, 3.8) is 0 Å². The van der Waals surface area contributed by atoms with Crippen LogP contribution in [-0.2, 0) is 27.7 Å². The minimum Gasteiger partial charge on any atom is -0.340 e. The summed E-state index contributed by atoms with van der Waals surface area (Å²) in [6.07, 6.45) is 1.50. The fraction of sp³-hybridized carbons (Fsp3) is 0.571. The number of carbonyl (C=O) groups is 1. The predicted molar refractivity (Wildman–Crippen MR) is 85.2 cm³/mol. The quantitative estimate of drug-likeness (QED) is 0.652. The molecule has 10 heteroatoms. The van der Waals surface area contributed by atoms with E-state index in [4.69, 9.17) is 5.26 Å². The molecule has 0 bridgehead atoms. The molecule has 0 saturated carbocycles. The smallest absolute Gasteiger partial charge is 0.331 e. The van der Waals surface area contributed by atoms with Gasteiger partial charge in [-0.05, 0) is 13.3 Å². The SMILES string of the molecule is CCn1cc(C#N)c(=O)n(CC(=O)N(C)C2CCS(=O)(=O)C2)c1=O. The van der Waals surface area contributed by atoms with Crippen LogP contribution < -0.4 is 11.2 Å². The van der Waals surface area contributed by atoms with Crippen molar-refractivity contribution in [2.45, 2.75) is 32.5 Å². The summed E-state index contributed by atoms with van der Waals surface area (Å²) >= 11 is 0. The van der Waals surface area contributed by atoms with E-state index in [2.05, 4.69) is 0 Å². The van der Waals surface area contributed by atoms with Crippen LogP contribution in [0.15, 0.2) is 15.8 Å².